The second kappa shape index (κ2) is 17.3. The lowest BCUT2D eigenvalue weighted by atomic mass is 9.92. The van der Waals surface area contributed by atoms with E-state index in [1.165, 1.54) is 5.56 Å². The number of carbonyl (C=O) groups is 1. The van der Waals surface area contributed by atoms with Crippen molar-refractivity contribution in [2.45, 2.75) is 114 Å². The summed E-state index contributed by atoms with van der Waals surface area (Å²) in [5, 5.41) is 20.8. The van der Waals surface area contributed by atoms with E-state index in [9.17, 15) is 15.0 Å². The first-order valence-electron chi connectivity index (χ1n) is 15.1. The van der Waals surface area contributed by atoms with Crippen LogP contribution in [0.15, 0.2) is 24.3 Å². The van der Waals surface area contributed by atoms with E-state index in [0.717, 1.165) is 59.9 Å². The Morgan fingerprint density at radius 1 is 0.641 bits per heavy atom. The summed E-state index contributed by atoms with van der Waals surface area (Å²) in [6, 6.07) is 8.41. The number of hydrogen-bond donors (Lipinski definition) is 2. The van der Waals surface area contributed by atoms with Crippen LogP contribution in [0.3, 0.4) is 0 Å². The Morgan fingerprint density at radius 3 is 1.26 bits per heavy atom. The van der Waals surface area contributed by atoms with Gasteiger partial charge >= 0.3 is 5.97 Å². The number of phenolic OH excluding ortho intramolecular Hbond substituents is 2. The lowest BCUT2D eigenvalue weighted by Gasteiger charge is -2.16. The van der Waals surface area contributed by atoms with Gasteiger partial charge in [-0.05, 0) is 103 Å². The first-order chi connectivity index (χ1) is 18.3. The normalized spacial score (nSPS) is 11.3. The number of carbonyl (C=O) groups excluding carboxylic acids is 1. The second-order valence-electron chi connectivity index (χ2n) is 12.6. The molecule has 4 heteroatoms. The van der Waals surface area contributed by atoms with Crippen LogP contribution in [-0.4, -0.2) is 22.8 Å². The van der Waals surface area contributed by atoms with Gasteiger partial charge in [0.15, 0.2) is 0 Å². The van der Waals surface area contributed by atoms with Gasteiger partial charge in [0.1, 0.15) is 11.5 Å². The lowest BCUT2D eigenvalue weighted by molar-refractivity contribution is -0.143. The van der Waals surface area contributed by atoms with Crippen LogP contribution >= 0.6 is 0 Å². The highest BCUT2D eigenvalue weighted by Gasteiger charge is 2.14. The quantitative estimate of drug-likeness (QED) is 0.250. The molecule has 0 radical (unpaired) electrons. The molecule has 0 heterocycles. The van der Waals surface area contributed by atoms with Gasteiger partial charge in [-0.1, -0.05) is 86.6 Å². The summed E-state index contributed by atoms with van der Waals surface area (Å²) in [7, 11) is 0. The van der Waals surface area contributed by atoms with Crippen molar-refractivity contribution in [1.82, 2.24) is 0 Å². The molecule has 2 aromatic rings. The third-order valence-corrected chi connectivity index (χ3v) is 6.50. The standard InChI is InChI=1S/C19H30O3.C16H26O/c1-6-22-18(20)8-7-15-11-16(9-13(2)3)19(21)17(12-15)10-14(4)5;1-6-13-9-14(7-11(2)3)16(17)15(10-13)8-12(4)5/h11-14,21H,6-10H2,1-5H3;9-12,17H,6-8H2,1-5H3. The second-order valence-corrected chi connectivity index (χ2v) is 12.6. The van der Waals surface area contributed by atoms with Crippen LogP contribution in [0.4, 0.5) is 0 Å². The molecule has 4 nitrogen and oxygen atoms in total. The van der Waals surface area contributed by atoms with E-state index in [4.69, 9.17) is 4.74 Å². The predicted octanol–water partition coefficient (Wildman–Crippen LogP) is 8.64. The molecule has 0 bridgehead atoms. The smallest absolute Gasteiger partial charge is 0.306 e. The van der Waals surface area contributed by atoms with Crippen molar-refractivity contribution in [2.24, 2.45) is 23.7 Å². The number of aryl methyl sites for hydroxylation is 2. The molecule has 2 N–H and O–H groups in total. The van der Waals surface area contributed by atoms with Crippen molar-refractivity contribution in [2.75, 3.05) is 6.61 Å². The minimum Gasteiger partial charge on any atom is -0.507 e. The summed E-state index contributed by atoms with van der Waals surface area (Å²) in [5.41, 5.74) is 6.68. The SMILES string of the molecule is CCOC(=O)CCc1cc(CC(C)C)c(O)c(CC(C)C)c1.CCc1cc(CC(C)C)c(O)c(CC(C)C)c1. The fraction of sp³-hybridized carbons (Fsp3) is 0.629. The monoisotopic (exact) mass is 540 g/mol. The first-order valence-corrected chi connectivity index (χ1v) is 15.1. The number of ether oxygens (including phenoxy) is 1. The fourth-order valence-electron chi connectivity index (χ4n) is 4.87. The van der Waals surface area contributed by atoms with E-state index in [1.54, 1.807) is 0 Å². The molecular weight excluding hydrogens is 484 g/mol. The van der Waals surface area contributed by atoms with Gasteiger partial charge in [0.05, 0.1) is 6.61 Å². The van der Waals surface area contributed by atoms with E-state index in [0.29, 0.717) is 54.6 Å². The van der Waals surface area contributed by atoms with Gasteiger partial charge in [0, 0.05) is 6.42 Å². The number of phenols is 2. The molecule has 2 aromatic carbocycles. The lowest BCUT2D eigenvalue weighted by Crippen LogP contribution is -2.07. The Morgan fingerprint density at radius 2 is 0.974 bits per heavy atom. The first kappa shape index (κ1) is 34.5. The van der Waals surface area contributed by atoms with Gasteiger partial charge in [-0.3, -0.25) is 4.79 Å². The molecule has 0 aliphatic carbocycles. The van der Waals surface area contributed by atoms with E-state index in [1.807, 2.05) is 19.1 Å². The van der Waals surface area contributed by atoms with E-state index < -0.39 is 0 Å². The molecule has 0 saturated heterocycles. The molecule has 0 aromatic heterocycles. The zero-order valence-electron chi connectivity index (χ0n) is 26.5. The van der Waals surface area contributed by atoms with Crippen LogP contribution in [0.1, 0.15) is 109 Å². The van der Waals surface area contributed by atoms with Crippen LogP contribution in [0.25, 0.3) is 0 Å². The third-order valence-electron chi connectivity index (χ3n) is 6.50. The average Bonchev–Trinajstić information content (AvgIpc) is 2.82. The maximum Gasteiger partial charge on any atom is 0.306 e. The molecule has 0 spiro atoms. The largest absolute Gasteiger partial charge is 0.507 e. The molecule has 0 atom stereocenters. The molecule has 0 fully saturated rings. The Kier molecular flexibility index (Phi) is 15.3. The van der Waals surface area contributed by atoms with Crippen molar-refractivity contribution in [3.05, 3.63) is 57.6 Å². The maximum absolute atomic E-state index is 11.5. The van der Waals surface area contributed by atoms with Gasteiger partial charge < -0.3 is 14.9 Å². The number of aromatic hydroxyl groups is 2. The van der Waals surface area contributed by atoms with E-state index in [-0.39, 0.29) is 5.97 Å². The summed E-state index contributed by atoms with van der Waals surface area (Å²) in [4.78, 5) is 11.5. The number of benzene rings is 2. The minimum atomic E-state index is -0.161. The molecule has 220 valence electrons. The Balaban J connectivity index is 0.000000403. The summed E-state index contributed by atoms with van der Waals surface area (Å²) in [6.07, 6.45) is 5.72. The van der Waals surface area contributed by atoms with Gasteiger partial charge in [0.25, 0.3) is 0 Å². The minimum absolute atomic E-state index is 0.161. The van der Waals surface area contributed by atoms with E-state index >= 15 is 0 Å². The number of esters is 1. The summed E-state index contributed by atoms with van der Waals surface area (Å²) in [5.74, 6) is 2.94. The zero-order chi connectivity index (χ0) is 29.7. The van der Waals surface area contributed by atoms with Crippen molar-refractivity contribution < 1.29 is 19.7 Å². The Labute approximate surface area is 239 Å². The van der Waals surface area contributed by atoms with E-state index in [2.05, 4.69) is 74.4 Å². The van der Waals surface area contributed by atoms with Crippen LogP contribution in [0.5, 0.6) is 11.5 Å². The highest BCUT2D eigenvalue weighted by Crippen LogP contribution is 2.30. The molecule has 2 rings (SSSR count). The number of rotatable bonds is 13. The van der Waals surface area contributed by atoms with Crippen molar-refractivity contribution in [3.63, 3.8) is 0 Å². The molecule has 0 aliphatic rings. The molecule has 0 aliphatic heterocycles. The van der Waals surface area contributed by atoms with Crippen LogP contribution in [-0.2, 0) is 48.1 Å². The van der Waals surface area contributed by atoms with Gasteiger partial charge in [-0.15, -0.1) is 0 Å². The third kappa shape index (κ3) is 12.9. The fourth-order valence-corrected chi connectivity index (χ4v) is 4.87. The molecule has 39 heavy (non-hydrogen) atoms. The molecule has 0 unspecified atom stereocenters. The van der Waals surface area contributed by atoms with Crippen molar-refractivity contribution in [1.29, 1.82) is 0 Å². The Bertz CT molecular complexity index is 955. The van der Waals surface area contributed by atoms with Crippen molar-refractivity contribution in [3.8, 4) is 11.5 Å². The maximum atomic E-state index is 11.5. The number of hydrogen-bond acceptors (Lipinski definition) is 4. The molecule has 0 amide bonds. The highest BCUT2D eigenvalue weighted by molar-refractivity contribution is 5.69. The zero-order valence-corrected chi connectivity index (χ0v) is 26.5. The van der Waals surface area contributed by atoms with Crippen LogP contribution in [0.2, 0.25) is 0 Å². The summed E-state index contributed by atoms with van der Waals surface area (Å²) < 4.78 is 4.99. The molecule has 0 saturated carbocycles. The summed E-state index contributed by atoms with van der Waals surface area (Å²) >= 11 is 0. The summed E-state index contributed by atoms with van der Waals surface area (Å²) in [6.45, 7) is 21.8. The molecular formula is C35H56O4. The highest BCUT2D eigenvalue weighted by atomic mass is 16.5. The van der Waals surface area contributed by atoms with Crippen LogP contribution < -0.4 is 0 Å². The van der Waals surface area contributed by atoms with Gasteiger partial charge in [0.2, 0.25) is 0 Å². The average molecular weight is 541 g/mol. The predicted molar refractivity (Wildman–Crippen MR) is 165 cm³/mol. The Hall–Kier alpha value is -2.49. The van der Waals surface area contributed by atoms with Crippen LogP contribution in [0, 0.1) is 23.7 Å². The van der Waals surface area contributed by atoms with Crippen molar-refractivity contribution >= 4 is 5.97 Å². The van der Waals surface area contributed by atoms with Gasteiger partial charge in [-0.2, -0.15) is 0 Å². The topological polar surface area (TPSA) is 66.8 Å². The van der Waals surface area contributed by atoms with Gasteiger partial charge in [-0.25, -0.2) is 0 Å².